The van der Waals surface area contributed by atoms with E-state index >= 15 is 0 Å². The van der Waals surface area contributed by atoms with E-state index in [0.29, 0.717) is 18.7 Å². The van der Waals surface area contributed by atoms with Gasteiger partial charge in [0.2, 0.25) is 0 Å². The molecule has 0 aliphatic carbocycles. The van der Waals surface area contributed by atoms with Gasteiger partial charge in [0.15, 0.2) is 0 Å². The fraction of sp³-hybridized carbons (Fsp3) is 0.500. The van der Waals surface area contributed by atoms with Crippen molar-refractivity contribution in [1.82, 2.24) is 10.2 Å². The second kappa shape index (κ2) is 10.7. The normalized spacial score (nSPS) is 17.5. The molecule has 2 aromatic carbocycles. The lowest BCUT2D eigenvalue weighted by molar-refractivity contribution is 0.0952. The van der Waals surface area contributed by atoms with Gasteiger partial charge < -0.3 is 10.2 Å². The molecule has 2 aliphatic heterocycles. The van der Waals surface area contributed by atoms with Crippen LogP contribution in [-0.2, 0) is 16.4 Å². The number of para-hydroxylation sites is 1. The number of hydrogen-bond donors (Lipinski definition) is 1. The molecule has 33 heavy (non-hydrogen) atoms. The van der Waals surface area contributed by atoms with E-state index in [1.165, 1.54) is 36.3 Å². The van der Waals surface area contributed by atoms with Crippen molar-refractivity contribution in [3.05, 3.63) is 59.7 Å². The average Bonchev–Trinajstić information content (AvgIpc) is 2.84. The van der Waals surface area contributed by atoms with Crippen LogP contribution >= 0.6 is 0 Å². The second-order valence-electron chi connectivity index (χ2n) is 9.32. The van der Waals surface area contributed by atoms with Gasteiger partial charge in [-0.15, -0.1) is 0 Å². The highest BCUT2D eigenvalue weighted by atomic mass is 32.2. The van der Waals surface area contributed by atoms with E-state index in [4.69, 9.17) is 0 Å². The molecular formula is C26H35N3O3S. The molecule has 0 bridgehead atoms. The number of likely N-dealkylation sites (tertiary alicyclic amines) is 1. The third-order valence-electron chi connectivity index (χ3n) is 6.81. The first-order chi connectivity index (χ1) is 15.9. The number of unbranched alkanes of at least 4 members (excludes halogenated alkanes) is 1. The molecule has 0 spiro atoms. The van der Waals surface area contributed by atoms with E-state index in [9.17, 15) is 13.2 Å². The Morgan fingerprint density at radius 1 is 1.03 bits per heavy atom. The number of sulfonamides is 1. The van der Waals surface area contributed by atoms with Crippen LogP contribution in [0.2, 0.25) is 0 Å². The minimum Gasteiger partial charge on any atom is -0.352 e. The lowest BCUT2D eigenvalue weighted by Gasteiger charge is -2.30. The van der Waals surface area contributed by atoms with Gasteiger partial charge in [0, 0.05) is 18.7 Å². The van der Waals surface area contributed by atoms with Gasteiger partial charge >= 0.3 is 0 Å². The van der Waals surface area contributed by atoms with Gasteiger partial charge in [-0.05, 0) is 93.9 Å². The Morgan fingerprint density at radius 2 is 1.82 bits per heavy atom. The van der Waals surface area contributed by atoms with Crippen molar-refractivity contribution in [3.8, 4) is 0 Å². The molecule has 7 heteroatoms. The standard InChI is InChI=1S/C26H35N3O3S/c1-21-13-18-28(19-14-21)16-5-4-15-27-26(30)23-9-6-11-24(20-23)33(31,32)29-17-7-10-22-8-2-3-12-25(22)29/h2-3,6,8-9,11-12,20-21H,4-5,7,10,13-19H2,1H3,(H,27,30). The van der Waals surface area contributed by atoms with Crippen molar-refractivity contribution < 1.29 is 13.2 Å². The van der Waals surface area contributed by atoms with Crippen LogP contribution in [-0.4, -0.2) is 51.9 Å². The highest BCUT2D eigenvalue weighted by Crippen LogP contribution is 2.31. The maximum atomic E-state index is 13.4. The van der Waals surface area contributed by atoms with E-state index in [1.807, 2.05) is 24.3 Å². The van der Waals surface area contributed by atoms with Gasteiger partial charge in [-0.1, -0.05) is 31.2 Å². The maximum Gasteiger partial charge on any atom is 0.264 e. The number of hydrogen-bond acceptors (Lipinski definition) is 4. The van der Waals surface area contributed by atoms with Crippen LogP contribution in [0.3, 0.4) is 0 Å². The number of aryl methyl sites for hydroxylation is 1. The van der Waals surface area contributed by atoms with E-state index in [-0.39, 0.29) is 10.8 Å². The molecule has 2 aliphatic rings. The summed E-state index contributed by atoms with van der Waals surface area (Å²) in [6, 6.07) is 14.0. The van der Waals surface area contributed by atoms with Crippen LogP contribution in [0, 0.1) is 5.92 Å². The van der Waals surface area contributed by atoms with E-state index in [0.717, 1.165) is 49.4 Å². The SMILES string of the molecule is CC1CCN(CCCCNC(=O)c2cccc(S(=O)(=O)N3CCCc4ccccc43)c2)CC1. The predicted molar refractivity (Wildman–Crippen MR) is 132 cm³/mol. The minimum absolute atomic E-state index is 0.158. The Balaban J connectivity index is 1.33. The summed E-state index contributed by atoms with van der Waals surface area (Å²) in [7, 11) is -3.73. The largest absolute Gasteiger partial charge is 0.352 e. The quantitative estimate of drug-likeness (QED) is 0.592. The summed E-state index contributed by atoms with van der Waals surface area (Å²) in [5.41, 5.74) is 2.16. The van der Waals surface area contributed by atoms with Crippen molar-refractivity contribution in [2.24, 2.45) is 5.92 Å². The lowest BCUT2D eigenvalue weighted by Crippen LogP contribution is -2.35. The predicted octanol–water partition coefficient (Wildman–Crippen LogP) is 4.07. The minimum atomic E-state index is -3.73. The number of carbonyl (C=O) groups is 1. The molecule has 0 atom stereocenters. The molecule has 4 rings (SSSR count). The monoisotopic (exact) mass is 469 g/mol. The summed E-state index contributed by atoms with van der Waals surface area (Å²) in [4.78, 5) is 15.3. The molecule has 2 aromatic rings. The molecule has 178 valence electrons. The Labute approximate surface area is 198 Å². The molecule has 0 radical (unpaired) electrons. The third kappa shape index (κ3) is 5.76. The lowest BCUT2D eigenvalue weighted by atomic mass is 9.99. The third-order valence-corrected chi connectivity index (χ3v) is 8.62. The molecule has 2 heterocycles. The van der Waals surface area contributed by atoms with Gasteiger partial charge in [-0.3, -0.25) is 9.10 Å². The zero-order valence-corrected chi connectivity index (χ0v) is 20.3. The zero-order chi connectivity index (χ0) is 23.3. The highest BCUT2D eigenvalue weighted by molar-refractivity contribution is 7.92. The van der Waals surface area contributed by atoms with Crippen molar-refractivity contribution in [1.29, 1.82) is 0 Å². The number of benzene rings is 2. The van der Waals surface area contributed by atoms with Crippen molar-refractivity contribution in [2.45, 2.75) is 50.3 Å². The molecule has 1 saturated heterocycles. The van der Waals surface area contributed by atoms with Crippen molar-refractivity contribution >= 4 is 21.6 Å². The number of anilines is 1. The molecular weight excluding hydrogens is 434 g/mol. The number of fused-ring (bicyclic) bond motifs is 1. The zero-order valence-electron chi connectivity index (χ0n) is 19.5. The average molecular weight is 470 g/mol. The number of nitrogens with one attached hydrogen (secondary N) is 1. The van der Waals surface area contributed by atoms with Gasteiger partial charge in [-0.2, -0.15) is 0 Å². The number of rotatable bonds is 8. The smallest absolute Gasteiger partial charge is 0.264 e. The summed E-state index contributed by atoms with van der Waals surface area (Å²) >= 11 is 0. The van der Waals surface area contributed by atoms with E-state index in [2.05, 4.69) is 17.1 Å². The topological polar surface area (TPSA) is 69.7 Å². The van der Waals surface area contributed by atoms with Gasteiger partial charge in [-0.25, -0.2) is 8.42 Å². The number of carbonyl (C=O) groups excluding carboxylic acids is 1. The molecule has 1 fully saturated rings. The van der Waals surface area contributed by atoms with Gasteiger partial charge in [0.1, 0.15) is 0 Å². The van der Waals surface area contributed by atoms with Crippen LogP contribution in [0.25, 0.3) is 0 Å². The Hall–Kier alpha value is -2.38. The summed E-state index contributed by atoms with van der Waals surface area (Å²) < 4.78 is 28.2. The number of piperidine rings is 1. The summed E-state index contributed by atoms with van der Waals surface area (Å²) in [6.07, 6.45) is 6.18. The van der Waals surface area contributed by atoms with Gasteiger partial charge in [0.25, 0.3) is 15.9 Å². The van der Waals surface area contributed by atoms with Crippen LogP contribution in [0.1, 0.15) is 54.9 Å². The molecule has 0 unspecified atom stereocenters. The van der Waals surface area contributed by atoms with Crippen LogP contribution in [0.4, 0.5) is 5.69 Å². The Bertz CT molecular complexity index is 1060. The first kappa shape index (κ1) is 23.8. The fourth-order valence-corrected chi connectivity index (χ4v) is 6.31. The first-order valence-electron chi connectivity index (χ1n) is 12.2. The van der Waals surface area contributed by atoms with Crippen LogP contribution in [0.15, 0.2) is 53.4 Å². The maximum absolute atomic E-state index is 13.4. The number of amides is 1. The fourth-order valence-electron chi connectivity index (χ4n) is 4.72. The Morgan fingerprint density at radius 3 is 2.64 bits per heavy atom. The Kier molecular flexibility index (Phi) is 7.71. The molecule has 1 amide bonds. The number of nitrogens with zero attached hydrogens (tertiary/aromatic N) is 2. The summed E-state index contributed by atoms with van der Waals surface area (Å²) in [6.45, 7) is 6.80. The van der Waals surface area contributed by atoms with Crippen LogP contribution < -0.4 is 9.62 Å². The van der Waals surface area contributed by atoms with E-state index in [1.54, 1.807) is 18.2 Å². The molecule has 1 N–H and O–H groups in total. The van der Waals surface area contributed by atoms with Crippen molar-refractivity contribution in [3.63, 3.8) is 0 Å². The molecule has 0 aromatic heterocycles. The highest BCUT2D eigenvalue weighted by Gasteiger charge is 2.29. The first-order valence-corrected chi connectivity index (χ1v) is 13.6. The molecule has 0 saturated carbocycles. The second-order valence-corrected chi connectivity index (χ2v) is 11.2. The summed E-state index contributed by atoms with van der Waals surface area (Å²) in [5, 5.41) is 2.95. The summed E-state index contributed by atoms with van der Waals surface area (Å²) in [5.74, 6) is 0.614. The molecule has 6 nitrogen and oxygen atoms in total. The van der Waals surface area contributed by atoms with Crippen LogP contribution in [0.5, 0.6) is 0 Å². The van der Waals surface area contributed by atoms with Crippen molar-refractivity contribution in [2.75, 3.05) is 37.0 Å². The van der Waals surface area contributed by atoms with Gasteiger partial charge in [0.05, 0.1) is 10.6 Å². The van der Waals surface area contributed by atoms with E-state index < -0.39 is 10.0 Å².